The molecule has 1 aliphatic rings. The second-order valence-electron chi connectivity index (χ2n) is 9.51. The van der Waals surface area contributed by atoms with Crippen molar-refractivity contribution in [2.24, 2.45) is 5.92 Å². The summed E-state index contributed by atoms with van der Waals surface area (Å²) in [5, 5.41) is 11.1. The molecule has 0 bridgehead atoms. The summed E-state index contributed by atoms with van der Waals surface area (Å²) in [5.74, 6) is 0.579. The highest BCUT2D eigenvalue weighted by Crippen LogP contribution is 2.36. The number of rotatable bonds is 10. The average molecular weight is 519 g/mol. The number of nitrogens with zero attached hydrogens (tertiary/aromatic N) is 3. The van der Waals surface area contributed by atoms with Gasteiger partial charge in [0.1, 0.15) is 11.5 Å². The average Bonchev–Trinajstić information content (AvgIpc) is 3.61. The van der Waals surface area contributed by atoms with E-state index in [1.807, 2.05) is 50.3 Å². The lowest BCUT2D eigenvalue weighted by Crippen LogP contribution is -2.12. The standard InChI is InChI=1S/C32H31FN6/c1-6-10-26(23-11-9-16-34-18-23)30-20(5)36-32(37-30)31-28-27(38-39-31)15-14-25(29(28)33)21(7-2)17-24(8-3)35-19(4)22-12-13-22/h6-11,14-18,22,35H,1,3-4,12-13H2,2,5H3,(H,36,37)(H,38,39)/b21-7+,24-17+,26-10-. The fourth-order valence-electron chi connectivity index (χ4n) is 4.60. The normalized spacial score (nSPS) is 14.5. The molecule has 1 aliphatic carbocycles. The van der Waals surface area contributed by atoms with E-state index in [4.69, 9.17) is 4.98 Å². The summed E-state index contributed by atoms with van der Waals surface area (Å²) in [6.07, 6.45) is 14.9. The van der Waals surface area contributed by atoms with Crippen LogP contribution in [0, 0.1) is 18.7 Å². The maximum Gasteiger partial charge on any atom is 0.159 e. The summed E-state index contributed by atoms with van der Waals surface area (Å²) >= 11 is 0. The van der Waals surface area contributed by atoms with Crippen molar-refractivity contribution in [3.8, 4) is 11.5 Å². The highest BCUT2D eigenvalue weighted by Gasteiger charge is 2.25. The zero-order chi connectivity index (χ0) is 27.5. The van der Waals surface area contributed by atoms with Gasteiger partial charge in [0, 0.05) is 46.2 Å². The second kappa shape index (κ2) is 10.9. The molecular weight excluding hydrogens is 487 g/mol. The highest BCUT2D eigenvalue weighted by atomic mass is 19.1. The molecule has 39 heavy (non-hydrogen) atoms. The van der Waals surface area contributed by atoms with Crippen LogP contribution in [0.15, 0.2) is 98.2 Å². The first-order chi connectivity index (χ1) is 18.9. The van der Waals surface area contributed by atoms with Crippen molar-refractivity contribution in [2.75, 3.05) is 0 Å². The zero-order valence-electron chi connectivity index (χ0n) is 22.2. The Morgan fingerprint density at radius 1 is 1.21 bits per heavy atom. The van der Waals surface area contributed by atoms with Crippen LogP contribution < -0.4 is 5.32 Å². The summed E-state index contributed by atoms with van der Waals surface area (Å²) in [5.41, 5.74) is 7.21. The maximum absolute atomic E-state index is 16.2. The van der Waals surface area contributed by atoms with Crippen molar-refractivity contribution in [2.45, 2.75) is 26.7 Å². The smallest absolute Gasteiger partial charge is 0.159 e. The summed E-state index contributed by atoms with van der Waals surface area (Å²) in [6.45, 7) is 15.7. The Labute approximate surface area is 227 Å². The minimum absolute atomic E-state index is 0.367. The Morgan fingerprint density at radius 2 is 2.03 bits per heavy atom. The highest BCUT2D eigenvalue weighted by molar-refractivity contribution is 5.95. The fraction of sp³-hybridized carbons (Fsp3) is 0.156. The third-order valence-corrected chi connectivity index (χ3v) is 6.82. The predicted octanol–water partition coefficient (Wildman–Crippen LogP) is 7.40. The van der Waals surface area contributed by atoms with Gasteiger partial charge in [0.15, 0.2) is 5.82 Å². The predicted molar refractivity (Wildman–Crippen MR) is 157 cm³/mol. The molecule has 7 heteroatoms. The maximum atomic E-state index is 16.2. The van der Waals surface area contributed by atoms with E-state index in [1.165, 1.54) is 0 Å². The van der Waals surface area contributed by atoms with E-state index >= 15 is 4.39 Å². The van der Waals surface area contributed by atoms with Crippen LogP contribution in [0.5, 0.6) is 0 Å². The number of aromatic nitrogens is 5. The Balaban J connectivity index is 1.56. The Kier molecular flexibility index (Phi) is 7.23. The van der Waals surface area contributed by atoms with E-state index in [0.29, 0.717) is 33.9 Å². The Hall–Kier alpha value is -4.78. The fourth-order valence-corrected chi connectivity index (χ4v) is 4.60. The van der Waals surface area contributed by atoms with Crippen molar-refractivity contribution < 1.29 is 4.39 Å². The van der Waals surface area contributed by atoms with Gasteiger partial charge in [-0.15, -0.1) is 0 Å². The van der Waals surface area contributed by atoms with Crippen LogP contribution in [0.3, 0.4) is 0 Å². The number of fused-ring (bicyclic) bond motifs is 1. The minimum Gasteiger partial charge on any atom is -0.359 e. The van der Waals surface area contributed by atoms with Gasteiger partial charge in [-0.3, -0.25) is 10.1 Å². The van der Waals surface area contributed by atoms with Gasteiger partial charge in [0.25, 0.3) is 0 Å². The summed E-state index contributed by atoms with van der Waals surface area (Å²) in [4.78, 5) is 12.4. The molecule has 5 rings (SSSR count). The molecule has 1 saturated carbocycles. The van der Waals surface area contributed by atoms with Gasteiger partial charge in [-0.1, -0.05) is 44.0 Å². The number of pyridine rings is 1. The summed E-state index contributed by atoms with van der Waals surface area (Å²) < 4.78 is 16.2. The third kappa shape index (κ3) is 5.16. The first-order valence-corrected chi connectivity index (χ1v) is 12.9. The lowest BCUT2D eigenvalue weighted by molar-refractivity contribution is 0.636. The van der Waals surface area contributed by atoms with Gasteiger partial charge in [-0.05, 0) is 68.5 Å². The molecule has 0 amide bonds. The Morgan fingerprint density at radius 3 is 2.69 bits per heavy atom. The van der Waals surface area contributed by atoms with E-state index in [9.17, 15) is 0 Å². The number of hydrogen-bond donors (Lipinski definition) is 3. The van der Waals surface area contributed by atoms with Crippen LogP contribution in [0.4, 0.5) is 4.39 Å². The van der Waals surface area contributed by atoms with Gasteiger partial charge in [0.05, 0.1) is 16.6 Å². The van der Waals surface area contributed by atoms with E-state index in [1.54, 1.807) is 30.6 Å². The first kappa shape index (κ1) is 25.9. The van der Waals surface area contributed by atoms with Crippen LogP contribution >= 0.6 is 0 Å². The van der Waals surface area contributed by atoms with Gasteiger partial charge >= 0.3 is 0 Å². The van der Waals surface area contributed by atoms with Gasteiger partial charge in [-0.25, -0.2) is 9.37 Å². The van der Waals surface area contributed by atoms with E-state index in [-0.39, 0.29) is 5.82 Å². The van der Waals surface area contributed by atoms with Crippen molar-refractivity contribution >= 4 is 22.0 Å². The topological polar surface area (TPSA) is 82.3 Å². The van der Waals surface area contributed by atoms with Crippen LogP contribution in [-0.2, 0) is 0 Å². The molecule has 1 fully saturated rings. The largest absolute Gasteiger partial charge is 0.359 e. The van der Waals surface area contributed by atoms with Crippen LogP contribution in [-0.4, -0.2) is 25.1 Å². The molecule has 3 N–H and O–H groups in total. The summed E-state index contributed by atoms with van der Waals surface area (Å²) in [6, 6.07) is 7.43. The van der Waals surface area contributed by atoms with Crippen molar-refractivity contribution in [1.82, 2.24) is 30.5 Å². The van der Waals surface area contributed by atoms with Gasteiger partial charge in [0.2, 0.25) is 0 Å². The van der Waals surface area contributed by atoms with E-state index in [2.05, 4.69) is 45.2 Å². The monoisotopic (exact) mass is 518 g/mol. The van der Waals surface area contributed by atoms with Crippen LogP contribution in [0.25, 0.3) is 33.6 Å². The van der Waals surface area contributed by atoms with Crippen LogP contribution in [0.2, 0.25) is 0 Å². The number of allylic oxidation sites excluding steroid dienone is 7. The van der Waals surface area contributed by atoms with E-state index in [0.717, 1.165) is 52.3 Å². The van der Waals surface area contributed by atoms with Gasteiger partial charge in [-0.2, -0.15) is 5.10 Å². The lowest BCUT2D eigenvalue weighted by atomic mass is 10.0. The molecule has 0 atom stereocenters. The van der Waals surface area contributed by atoms with Crippen LogP contribution in [0.1, 0.15) is 42.3 Å². The molecule has 3 heterocycles. The van der Waals surface area contributed by atoms with Crippen molar-refractivity contribution in [3.63, 3.8) is 0 Å². The second-order valence-corrected chi connectivity index (χ2v) is 9.51. The molecule has 3 aromatic heterocycles. The van der Waals surface area contributed by atoms with Gasteiger partial charge < -0.3 is 10.3 Å². The number of nitrogens with one attached hydrogen (secondary N) is 3. The number of aryl methyl sites for hydroxylation is 1. The van der Waals surface area contributed by atoms with Crippen molar-refractivity contribution in [3.05, 3.63) is 127 Å². The quantitative estimate of drug-likeness (QED) is 0.191. The first-order valence-electron chi connectivity index (χ1n) is 12.9. The number of H-pyrrole nitrogens is 2. The SMILES string of the molecule is C=C/C=C(/c1cccnc1)c1nc(-c2n[nH]c3ccc(C(/C=C(\C=C)NC(=C)C4CC4)=C/C)c(F)c23)[nH]c1C. The number of benzene rings is 1. The number of imidazole rings is 1. The van der Waals surface area contributed by atoms with Crippen molar-refractivity contribution in [1.29, 1.82) is 0 Å². The third-order valence-electron chi connectivity index (χ3n) is 6.82. The molecule has 196 valence electrons. The molecule has 0 radical (unpaired) electrons. The molecular formula is C32H31FN6. The zero-order valence-corrected chi connectivity index (χ0v) is 22.2. The number of hydrogen-bond acceptors (Lipinski definition) is 4. The molecule has 0 unspecified atom stereocenters. The number of aromatic amines is 2. The van der Waals surface area contributed by atoms with E-state index < -0.39 is 0 Å². The minimum atomic E-state index is -0.380. The molecule has 0 spiro atoms. The summed E-state index contributed by atoms with van der Waals surface area (Å²) in [7, 11) is 0. The molecule has 4 aromatic rings. The Bertz CT molecular complexity index is 1660. The molecule has 6 nitrogen and oxygen atoms in total. The molecule has 1 aromatic carbocycles. The molecule has 0 saturated heterocycles. The molecule has 0 aliphatic heterocycles. The number of halogens is 1. The lowest BCUT2D eigenvalue weighted by Gasteiger charge is -2.12.